The van der Waals surface area contributed by atoms with E-state index < -0.39 is 76.6 Å². The van der Waals surface area contributed by atoms with Crippen LogP contribution in [-0.4, -0.2) is 46.1 Å². The molecule has 1 aliphatic rings. The number of likely N-dealkylation sites (tertiary alicyclic amines) is 1. The van der Waals surface area contributed by atoms with E-state index in [2.05, 4.69) is 5.32 Å². The van der Waals surface area contributed by atoms with Gasteiger partial charge in [0.05, 0.1) is 23.6 Å². The maximum absolute atomic E-state index is 15.8. The minimum atomic E-state index is -5.27. The summed E-state index contributed by atoms with van der Waals surface area (Å²) in [5.74, 6) is -5.62. The Kier molecular flexibility index (Phi) is 11.5. The fourth-order valence-corrected chi connectivity index (χ4v) is 6.27. The zero-order chi connectivity index (χ0) is 37.3. The van der Waals surface area contributed by atoms with Gasteiger partial charge in [0, 0.05) is 24.4 Å². The van der Waals surface area contributed by atoms with Gasteiger partial charge in [-0.15, -0.1) is 0 Å². The third kappa shape index (κ3) is 8.90. The van der Waals surface area contributed by atoms with E-state index in [1.807, 2.05) is 4.90 Å². The van der Waals surface area contributed by atoms with E-state index in [1.165, 1.54) is 13.8 Å². The summed E-state index contributed by atoms with van der Waals surface area (Å²) in [5.41, 5.74) is -4.91. The van der Waals surface area contributed by atoms with Crippen LogP contribution in [0.25, 0.3) is 11.1 Å². The van der Waals surface area contributed by atoms with Gasteiger partial charge in [-0.2, -0.15) is 26.3 Å². The summed E-state index contributed by atoms with van der Waals surface area (Å²) in [7, 11) is 0. The summed E-state index contributed by atoms with van der Waals surface area (Å²) in [6.07, 6.45) is -9.68. The van der Waals surface area contributed by atoms with E-state index in [-0.39, 0.29) is 53.1 Å². The zero-order valence-electron chi connectivity index (χ0n) is 27.7. The standard InChI is InChI=1S/C35H37F8N3O4/c1-18(2)10-28(46-17-21(6-9-45-7-5-8-45)25(15-29(46)47)34(38,39)40)33(50)44-27(16-30(48)49)24-13-22(14-26(32(24)37)35(41,42)43)31-19(3)11-23(36)12-20(31)4/h11-15,17-18,27-28H,5-10,16H2,1-4H3,(H,44,50)(H,48,49). The van der Waals surface area contributed by atoms with E-state index in [4.69, 9.17) is 0 Å². The van der Waals surface area contributed by atoms with Gasteiger partial charge in [0.25, 0.3) is 5.56 Å². The highest BCUT2D eigenvalue weighted by atomic mass is 19.4. The van der Waals surface area contributed by atoms with Gasteiger partial charge < -0.3 is 19.9 Å². The molecule has 1 saturated heterocycles. The van der Waals surface area contributed by atoms with Gasteiger partial charge in [0.1, 0.15) is 17.7 Å². The van der Waals surface area contributed by atoms with Crippen LogP contribution in [0.3, 0.4) is 0 Å². The Morgan fingerprint density at radius 2 is 1.52 bits per heavy atom. The van der Waals surface area contributed by atoms with Crippen LogP contribution in [0.4, 0.5) is 35.1 Å². The first-order chi connectivity index (χ1) is 23.2. The number of hydrogen-bond donors (Lipinski definition) is 2. The summed E-state index contributed by atoms with van der Waals surface area (Å²) in [6, 6.07) is 0.494. The first-order valence-electron chi connectivity index (χ1n) is 15.9. The van der Waals surface area contributed by atoms with Crippen molar-refractivity contribution in [1.82, 2.24) is 14.8 Å². The molecule has 0 aliphatic carbocycles. The highest BCUT2D eigenvalue weighted by Gasteiger charge is 2.39. The number of halogens is 8. The molecule has 1 aliphatic heterocycles. The molecule has 2 N–H and O–H groups in total. The molecule has 1 fully saturated rings. The Balaban J connectivity index is 1.84. The minimum absolute atomic E-state index is 0.104. The third-order valence-electron chi connectivity index (χ3n) is 8.71. The molecular weight excluding hydrogens is 678 g/mol. The third-order valence-corrected chi connectivity index (χ3v) is 8.71. The maximum atomic E-state index is 15.8. The molecule has 1 aromatic heterocycles. The molecule has 272 valence electrons. The molecule has 2 unspecified atom stereocenters. The molecule has 4 rings (SSSR count). The molecule has 1 amide bonds. The monoisotopic (exact) mass is 715 g/mol. The predicted octanol–water partition coefficient (Wildman–Crippen LogP) is 7.62. The lowest BCUT2D eigenvalue weighted by atomic mass is 9.89. The summed E-state index contributed by atoms with van der Waals surface area (Å²) < 4.78 is 115. The summed E-state index contributed by atoms with van der Waals surface area (Å²) in [6.45, 7) is 7.80. The molecule has 15 heteroatoms. The van der Waals surface area contributed by atoms with Gasteiger partial charge in [0.2, 0.25) is 5.91 Å². The van der Waals surface area contributed by atoms with Crippen molar-refractivity contribution in [3.63, 3.8) is 0 Å². The topological polar surface area (TPSA) is 91.6 Å². The largest absolute Gasteiger partial charge is 0.481 e. The number of carboxylic acid groups (broad SMARTS) is 1. The molecule has 0 saturated carbocycles. The molecular formula is C35H37F8N3O4. The van der Waals surface area contributed by atoms with Crippen molar-refractivity contribution in [1.29, 1.82) is 0 Å². The van der Waals surface area contributed by atoms with Crippen LogP contribution >= 0.6 is 0 Å². The van der Waals surface area contributed by atoms with E-state index in [1.54, 1.807) is 13.8 Å². The van der Waals surface area contributed by atoms with Crippen molar-refractivity contribution < 1.29 is 49.8 Å². The van der Waals surface area contributed by atoms with Crippen molar-refractivity contribution in [2.45, 2.75) is 77.8 Å². The van der Waals surface area contributed by atoms with E-state index in [0.29, 0.717) is 25.2 Å². The van der Waals surface area contributed by atoms with Gasteiger partial charge in [-0.25, -0.2) is 8.78 Å². The van der Waals surface area contributed by atoms with E-state index in [9.17, 15) is 50.2 Å². The van der Waals surface area contributed by atoms with Gasteiger partial charge in [0.15, 0.2) is 0 Å². The highest BCUT2D eigenvalue weighted by Crippen LogP contribution is 2.40. The summed E-state index contributed by atoms with van der Waals surface area (Å²) in [5, 5.41) is 12.0. The van der Waals surface area contributed by atoms with Gasteiger partial charge in [-0.05, 0) is 104 Å². The normalized spacial score (nSPS) is 15.1. The molecule has 50 heavy (non-hydrogen) atoms. The Bertz CT molecular complexity index is 1790. The fourth-order valence-electron chi connectivity index (χ4n) is 6.27. The van der Waals surface area contributed by atoms with Crippen LogP contribution < -0.4 is 10.9 Å². The number of nitrogens with one attached hydrogen (secondary N) is 1. The Hall–Kier alpha value is -4.27. The van der Waals surface area contributed by atoms with Crippen LogP contribution in [0.2, 0.25) is 0 Å². The predicted molar refractivity (Wildman–Crippen MR) is 168 cm³/mol. The average Bonchev–Trinajstić information content (AvgIpc) is 2.94. The molecule has 3 aromatic rings. The summed E-state index contributed by atoms with van der Waals surface area (Å²) in [4.78, 5) is 41.0. The fraction of sp³-hybridized carbons (Fsp3) is 0.457. The number of carbonyl (C=O) groups is 2. The lowest BCUT2D eigenvalue weighted by molar-refractivity contribution is -0.140. The molecule has 0 bridgehead atoms. The van der Waals surface area contributed by atoms with Crippen molar-refractivity contribution >= 4 is 11.9 Å². The number of pyridine rings is 1. The number of aliphatic carboxylic acids is 1. The van der Waals surface area contributed by atoms with Gasteiger partial charge in [-0.1, -0.05) is 13.8 Å². The second kappa shape index (κ2) is 14.9. The lowest BCUT2D eigenvalue weighted by Crippen LogP contribution is -2.41. The van der Waals surface area contributed by atoms with Crippen molar-refractivity contribution in [3.05, 3.63) is 91.9 Å². The molecule has 0 radical (unpaired) electrons. The van der Waals surface area contributed by atoms with Crippen molar-refractivity contribution in [2.24, 2.45) is 5.92 Å². The molecule has 7 nitrogen and oxygen atoms in total. The molecule has 2 atom stereocenters. The van der Waals surface area contributed by atoms with Crippen LogP contribution in [-0.2, 0) is 28.4 Å². The second-order valence-corrected chi connectivity index (χ2v) is 13.0. The number of benzene rings is 2. The highest BCUT2D eigenvalue weighted by molar-refractivity contribution is 5.82. The first kappa shape index (κ1) is 38.5. The van der Waals surface area contributed by atoms with Crippen molar-refractivity contribution in [3.8, 4) is 11.1 Å². The summed E-state index contributed by atoms with van der Waals surface area (Å²) >= 11 is 0. The van der Waals surface area contributed by atoms with Crippen LogP contribution in [0.5, 0.6) is 0 Å². The van der Waals surface area contributed by atoms with Crippen molar-refractivity contribution in [2.75, 3.05) is 19.6 Å². The zero-order valence-corrected chi connectivity index (χ0v) is 27.7. The SMILES string of the molecule is Cc1cc(F)cc(C)c1-c1cc(C(CC(=O)O)NC(=O)C(CC(C)C)n2cc(CCN3CCC3)c(C(F)(F)F)cc2=O)c(F)c(C(F)(F)F)c1. The maximum Gasteiger partial charge on any atom is 0.419 e. The van der Waals surface area contributed by atoms with Gasteiger partial charge >= 0.3 is 18.3 Å². The number of nitrogens with zero attached hydrogens (tertiary/aromatic N) is 2. The number of alkyl halides is 6. The number of carbonyl (C=O) groups excluding carboxylic acids is 1. The molecule has 2 heterocycles. The molecule has 0 spiro atoms. The number of rotatable bonds is 12. The molecule has 2 aromatic carbocycles. The van der Waals surface area contributed by atoms with Gasteiger partial charge in [-0.3, -0.25) is 14.4 Å². The van der Waals surface area contributed by atoms with Crippen LogP contribution in [0.1, 0.15) is 78.6 Å². The average molecular weight is 716 g/mol. The lowest BCUT2D eigenvalue weighted by Gasteiger charge is -2.31. The smallest absolute Gasteiger partial charge is 0.419 e. The Labute approximate surface area is 282 Å². The van der Waals surface area contributed by atoms with Crippen LogP contribution in [0.15, 0.2) is 41.3 Å². The number of amides is 1. The van der Waals surface area contributed by atoms with E-state index >= 15 is 4.39 Å². The van der Waals surface area contributed by atoms with E-state index in [0.717, 1.165) is 35.4 Å². The quantitative estimate of drug-likeness (QED) is 0.189. The Morgan fingerprint density at radius 3 is 2.02 bits per heavy atom. The number of aryl methyl sites for hydroxylation is 2. The number of aromatic nitrogens is 1. The second-order valence-electron chi connectivity index (χ2n) is 13.0. The van der Waals surface area contributed by atoms with Crippen LogP contribution in [0, 0.1) is 31.4 Å². The Morgan fingerprint density at radius 1 is 0.920 bits per heavy atom. The number of hydrogen-bond acceptors (Lipinski definition) is 4. The minimum Gasteiger partial charge on any atom is -0.481 e. The first-order valence-corrected chi connectivity index (χ1v) is 15.9. The number of carboxylic acids is 1.